The summed E-state index contributed by atoms with van der Waals surface area (Å²) in [5.41, 5.74) is 9.36. The van der Waals surface area contributed by atoms with Gasteiger partial charge in [0.1, 0.15) is 0 Å². The Morgan fingerprint density at radius 3 is 2.67 bits per heavy atom. The van der Waals surface area contributed by atoms with Gasteiger partial charge in [0.15, 0.2) is 0 Å². The van der Waals surface area contributed by atoms with Gasteiger partial charge in [-0.3, -0.25) is 4.79 Å². The topological polar surface area (TPSA) is 57.2 Å². The Balaban J connectivity index is 1.47. The van der Waals surface area contributed by atoms with E-state index in [1.807, 2.05) is 30.3 Å². The van der Waals surface area contributed by atoms with Crippen molar-refractivity contribution in [1.29, 1.82) is 0 Å². The monoisotopic (exact) mass is 359 g/mol. The SMILES string of the molecule is CC(C)c1ccc(/C=N/NC(=O)c2ccc3[nH]c4c(c3c2)CCCC4)cc1. The molecule has 4 heteroatoms. The van der Waals surface area contributed by atoms with Crippen LogP contribution < -0.4 is 5.43 Å². The van der Waals surface area contributed by atoms with Gasteiger partial charge in [-0.2, -0.15) is 5.10 Å². The van der Waals surface area contributed by atoms with E-state index in [1.54, 1.807) is 6.21 Å². The Labute approximate surface area is 159 Å². The standard InChI is InChI=1S/C23H25N3O/c1-15(2)17-9-7-16(8-10-17)14-24-26-23(27)18-11-12-22-20(13-18)19-5-3-4-6-21(19)25-22/h7-15,25H,3-6H2,1-2H3,(H,26,27)/b24-14+. The number of fused-ring (bicyclic) bond motifs is 3. The number of amides is 1. The number of carbonyl (C=O) groups is 1. The van der Waals surface area contributed by atoms with Crippen LogP contribution >= 0.6 is 0 Å². The zero-order valence-corrected chi connectivity index (χ0v) is 15.9. The van der Waals surface area contributed by atoms with Crippen LogP contribution in [0.25, 0.3) is 10.9 Å². The van der Waals surface area contributed by atoms with Crippen LogP contribution in [0.3, 0.4) is 0 Å². The summed E-state index contributed by atoms with van der Waals surface area (Å²) >= 11 is 0. The Hall–Kier alpha value is -2.88. The fourth-order valence-corrected chi connectivity index (χ4v) is 3.74. The van der Waals surface area contributed by atoms with Crippen molar-refractivity contribution in [2.24, 2.45) is 5.10 Å². The van der Waals surface area contributed by atoms with Crippen LogP contribution in [0.5, 0.6) is 0 Å². The first-order valence-corrected chi connectivity index (χ1v) is 9.68. The van der Waals surface area contributed by atoms with Gasteiger partial charge in [-0.15, -0.1) is 0 Å². The molecule has 1 heterocycles. The number of carbonyl (C=O) groups excluding carboxylic acids is 1. The van der Waals surface area contributed by atoms with Crippen molar-refractivity contribution in [3.63, 3.8) is 0 Å². The lowest BCUT2D eigenvalue weighted by Gasteiger charge is -2.10. The van der Waals surface area contributed by atoms with Crippen LogP contribution in [0, 0.1) is 0 Å². The molecular formula is C23H25N3O. The van der Waals surface area contributed by atoms with Gasteiger partial charge in [0, 0.05) is 22.2 Å². The highest BCUT2D eigenvalue weighted by Gasteiger charge is 2.16. The van der Waals surface area contributed by atoms with Gasteiger partial charge >= 0.3 is 0 Å². The third-order valence-corrected chi connectivity index (χ3v) is 5.34. The highest BCUT2D eigenvalue weighted by atomic mass is 16.2. The smallest absolute Gasteiger partial charge is 0.271 e. The molecule has 0 saturated carbocycles. The molecule has 0 bridgehead atoms. The number of rotatable bonds is 4. The summed E-state index contributed by atoms with van der Waals surface area (Å²) < 4.78 is 0. The van der Waals surface area contributed by atoms with Gasteiger partial charge in [-0.25, -0.2) is 5.43 Å². The average molecular weight is 359 g/mol. The Bertz CT molecular complexity index is 996. The molecule has 1 aromatic heterocycles. The molecule has 0 radical (unpaired) electrons. The number of nitrogens with zero attached hydrogens (tertiary/aromatic N) is 1. The normalized spacial score (nSPS) is 14.0. The quantitative estimate of drug-likeness (QED) is 0.503. The number of aryl methyl sites for hydroxylation is 2. The molecule has 4 nitrogen and oxygen atoms in total. The third-order valence-electron chi connectivity index (χ3n) is 5.34. The lowest BCUT2D eigenvalue weighted by molar-refractivity contribution is 0.0955. The summed E-state index contributed by atoms with van der Waals surface area (Å²) in [6.45, 7) is 4.34. The number of benzene rings is 2. The maximum absolute atomic E-state index is 12.5. The first-order chi connectivity index (χ1) is 13.1. The molecule has 1 aliphatic rings. The van der Waals surface area contributed by atoms with Gasteiger partial charge in [0.2, 0.25) is 0 Å². The molecule has 138 valence electrons. The molecule has 0 unspecified atom stereocenters. The van der Waals surface area contributed by atoms with Crippen LogP contribution in [-0.4, -0.2) is 17.1 Å². The lowest BCUT2D eigenvalue weighted by atomic mass is 9.95. The van der Waals surface area contributed by atoms with E-state index in [2.05, 4.69) is 41.5 Å². The molecule has 3 aromatic rings. The Morgan fingerprint density at radius 1 is 1.11 bits per heavy atom. The summed E-state index contributed by atoms with van der Waals surface area (Å²) in [5.74, 6) is 0.322. The predicted octanol–water partition coefficient (Wildman–Crippen LogP) is 4.93. The second-order valence-corrected chi connectivity index (χ2v) is 7.57. The molecule has 2 aromatic carbocycles. The van der Waals surface area contributed by atoms with E-state index in [-0.39, 0.29) is 5.91 Å². The summed E-state index contributed by atoms with van der Waals surface area (Å²) in [4.78, 5) is 16.0. The summed E-state index contributed by atoms with van der Waals surface area (Å²) in [7, 11) is 0. The maximum atomic E-state index is 12.5. The fraction of sp³-hybridized carbons (Fsp3) is 0.304. The van der Waals surface area contributed by atoms with Crippen LogP contribution in [0.15, 0.2) is 47.6 Å². The molecule has 0 fully saturated rings. The van der Waals surface area contributed by atoms with Gasteiger partial charge in [-0.05, 0) is 66.5 Å². The summed E-state index contributed by atoms with van der Waals surface area (Å²) in [6.07, 6.45) is 6.32. The number of nitrogens with one attached hydrogen (secondary N) is 2. The molecule has 0 spiro atoms. The fourth-order valence-electron chi connectivity index (χ4n) is 3.74. The van der Waals surface area contributed by atoms with Crippen LogP contribution in [-0.2, 0) is 12.8 Å². The van der Waals surface area contributed by atoms with Crippen molar-refractivity contribution < 1.29 is 4.79 Å². The van der Waals surface area contributed by atoms with Gasteiger partial charge in [0.05, 0.1) is 6.21 Å². The number of aromatic nitrogens is 1. The van der Waals surface area contributed by atoms with E-state index >= 15 is 0 Å². The number of hydrazone groups is 1. The first-order valence-electron chi connectivity index (χ1n) is 9.68. The van der Waals surface area contributed by atoms with Crippen LogP contribution in [0.1, 0.15) is 65.3 Å². The van der Waals surface area contributed by atoms with E-state index in [0.717, 1.165) is 23.9 Å². The third kappa shape index (κ3) is 3.65. The molecule has 27 heavy (non-hydrogen) atoms. The van der Waals surface area contributed by atoms with E-state index < -0.39 is 0 Å². The zero-order chi connectivity index (χ0) is 18.8. The highest BCUT2D eigenvalue weighted by molar-refractivity contribution is 5.99. The van der Waals surface area contributed by atoms with E-state index in [0.29, 0.717) is 11.5 Å². The minimum absolute atomic E-state index is 0.183. The summed E-state index contributed by atoms with van der Waals surface area (Å²) in [5, 5.41) is 5.29. The summed E-state index contributed by atoms with van der Waals surface area (Å²) in [6, 6.07) is 14.1. The first kappa shape index (κ1) is 17.5. The molecule has 0 atom stereocenters. The van der Waals surface area contributed by atoms with Gasteiger partial charge < -0.3 is 4.98 Å². The maximum Gasteiger partial charge on any atom is 0.271 e. The molecule has 0 aliphatic heterocycles. The van der Waals surface area contributed by atoms with Crippen LogP contribution in [0.2, 0.25) is 0 Å². The second-order valence-electron chi connectivity index (χ2n) is 7.57. The number of hydrogen-bond donors (Lipinski definition) is 2. The van der Waals surface area contributed by atoms with Crippen molar-refractivity contribution in [2.45, 2.75) is 45.4 Å². The van der Waals surface area contributed by atoms with E-state index in [4.69, 9.17) is 0 Å². The number of H-pyrrole nitrogens is 1. The zero-order valence-electron chi connectivity index (χ0n) is 15.9. The van der Waals surface area contributed by atoms with Crippen molar-refractivity contribution in [3.05, 3.63) is 70.4 Å². The molecule has 2 N–H and O–H groups in total. The Morgan fingerprint density at radius 2 is 1.89 bits per heavy atom. The molecule has 1 amide bonds. The molecular weight excluding hydrogens is 334 g/mol. The number of aromatic amines is 1. The van der Waals surface area contributed by atoms with Crippen molar-refractivity contribution in [2.75, 3.05) is 0 Å². The van der Waals surface area contributed by atoms with Gasteiger partial charge in [-0.1, -0.05) is 38.1 Å². The average Bonchev–Trinajstić information content (AvgIpc) is 3.06. The second kappa shape index (κ2) is 7.39. The highest BCUT2D eigenvalue weighted by Crippen LogP contribution is 2.29. The molecule has 0 saturated heterocycles. The lowest BCUT2D eigenvalue weighted by Crippen LogP contribution is -2.17. The molecule has 1 aliphatic carbocycles. The largest absolute Gasteiger partial charge is 0.358 e. The van der Waals surface area contributed by atoms with E-state index in [1.165, 1.54) is 35.0 Å². The predicted molar refractivity (Wildman–Crippen MR) is 111 cm³/mol. The Kier molecular flexibility index (Phi) is 4.80. The number of hydrogen-bond acceptors (Lipinski definition) is 2. The van der Waals surface area contributed by atoms with Gasteiger partial charge in [0.25, 0.3) is 5.91 Å². The van der Waals surface area contributed by atoms with Crippen LogP contribution in [0.4, 0.5) is 0 Å². The van der Waals surface area contributed by atoms with Crippen molar-refractivity contribution >= 4 is 23.0 Å². The van der Waals surface area contributed by atoms with Crippen molar-refractivity contribution in [1.82, 2.24) is 10.4 Å². The van der Waals surface area contributed by atoms with E-state index in [9.17, 15) is 4.79 Å². The minimum atomic E-state index is -0.183. The molecule has 4 rings (SSSR count). The van der Waals surface area contributed by atoms with Crippen molar-refractivity contribution in [3.8, 4) is 0 Å². The minimum Gasteiger partial charge on any atom is -0.358 e.